The van der Waals surface area contributed by atoms with Crippen LogP contribution in [-0.4, -0.2) is 40.4 Å². The topological polar surface area (TPSA) is 112 Å². The highest BCUT2D eigenvalue weighted by molar-refractivity contribution is 6.33. The number of nitrogens with one attached hydrogen (secondary N) is 3. The summed E-state index contributed by atoms with van der Waals surface area (Å²) in [4.78, 5) is 8.12. The number of hydrogen-bond acceptors (Lipinski definition) is 7. The number of nitriles is 1. The molecule has 0 spiro atoms. The number of nitrogens with zero attached hydrogens (tertiary/aromatic N) is 4. The van der Waals surface area contributed by atoms with Crippen molar-refractivity contribution < 1.29 is 4.74 Å². The monoisotopic (exact) mass is 445 g/mol. The zero-order valence-corrected chi connectivity index (χ0v) is 17.8. The summed E-state index contributed by atoms with van der Waals surface area (Å²) in [6.45, 7) is 2.00. The van der Waals surface area contributed by atoms with E-state index in [1.54, 1.807) is 7.11 Å². The number of hydrogen-bond donors (Lipinski definition) is 3. The zero-order chi connectivity index (χ0) is 20.2. The first-order valence-corrected chi connectivity index (χ1v) is 9.69. The lowest BCUT2D eigenvalue weighted by Gasteiger charge is -2.25. The van der Waals surface area contributed by atoms with Crippen molar-refractivity contribution in [1.29, 1.82) is 5.26 Å². The molecule has 3 N–H and O–H groups in total. The number of anilines is 2. The van der Waals surface area contributed by atoms with Gasteiger partial charge in [-0.15, -0.1) is 12.4 Å². The molecule has 0 amide bonds. The molecule has 10 heteroatoms. The Morgan fingerprint density at radius 3 is 2.67 bits per heavy atom. The number of ether oxygens (including phenoxy) is 1. The Kier molecular flexibility index (Phi) is 7.11. The van der Waals surface area contributed by atoms with Gasteiger partial charge in [0, 0.05) is 11.6 Å². The van der Waals surface area contributed by atoms with Gasteiger partial charge in [-0.05, 0) is 43.5 Å². The van der Waals surface area contributed by atoms with Gasteiger partial charge in [0.05, 0.1) is 30.2 Å². The van der Waals surface area contributed by atoms with Crippen molar-refractivity contribution in [1.82, 2.24) is 25.5 Å². The number of rotatable bonds is 5. The van der Waals surface area contributed by atoms with Crippen LogP contribution in [-0.2, 0) is 0 Å². The van der Waals surface area contributed by atoms with Gasteiger partial charge in [0.15, 0.2) is 11.5 Å². The standard InChI is InChI=1S/C20H20ClN7O.ClH/c1-29-20-15(3-2-14(19(20)21)12-4-6-23-7-5-12)16-8-17(28-27-16)26-18-11-24-13(9-22)10-25-18;/h2-3,8,10-12,23H,4-7H2,1H3,(H2,25,26,27,28);1H. The quantitative estimate of drug-likeness (QED) is 0.543. The Labute approximate surface area is 185 Å². The predicted octanol–water partition coefficient (Wildman–Crippen LogP) is 4.03. The molecule has 4 rings (SSSR count). The number of aromatic amines is 1. The molecule has 0 aliphatic carbocycles. The molecule has 0 saturated carbocycles. The van der Waals surface area contributed by atoms with Crippen molar-refractivity contribution in [3.63, 3.8) is 0 Å². The number of methoxy groups -OCH3 is 1. The average molecular weight is 446 g/mol. The highest BCUT2D eigenvalue weighted by Crippen LogP contribution is 2.42. The van der Waals surface area contributed by atoms with Crippen molar-refractivity contribution in [2.45, 2.75) is 18.8 Å². The van der Waals surface area contributed by atoms with E-state index in [0.717, 1.165) is 42.8 Å². The van der Waals surface area contributed by atoms with E-state index >= 15 is 0 Å². The molecule has 0 radical (unpaired) electrons. The molecule has 1 fully saturated rings. The van der Waals surface area contributed by atoms with Crippen LogP contribution in [0, 0.1) is 11.3 Å². The second-order valence-corrected chi connectivity index (χ2v) is 7.14. The lowest BCUT2D eigenvalue weighted by molar-refractivity contribution is 0.413. The summed E-state index contributed by atoms with van der Waals surface area (Å²) in [6.07, 6.45) is 5.01. The van der Waals surface area contributed by atoms with Crippen LogP contribution in [0.4, 0.5) is 11.6 Å². The maximum Gasteiger partial charge on any atom is 0.158 e. The second kappa shape index (κ2) is 9.76. The Hall–Kier alpha value is -2.86. The van der Waals surface area contributed by atoms with E-state index < -0.39 is 0 Å². The van der Waals surface area contributed by atoms with Gasteiger partial charge < -0.3 is 15.4 Å². The second-order valence-electron chi connectivity index (χ2n) is 6.76. The van der Waals surface area contributed by atoms with Gasteiger partial charge in [-0.2, -0.15) is 10.4 Å². The fraction of sp³-hybridized carbons (Fsp3) is 0.300. The van der Waals surface area contributed by atoms with Crippen LogP contribution >= 0.6 is 24.0 Å². The molecule has 2 aromatic heterocycles. The van der Waals surface area contributed by atoms with Crippen molar-refractivity contribution in [3.05, 3.63) is 46.9 Å². The van der Waals surface area contributed by atoms with Gasteiger partial charge in [-0.3, -0.25) is 5.10 Å². The fourth-order valence-electron chi connectivity index (χ4n) is 3.54. The van der Waals surface area contributed by atoms with Gasteiger partial charge in [-0.25, -0.2) is 9.97 Å². The molecule has 30 heavy (non-hydrogen) atoms. The maximum atomic E-state index is 8.81. The lowest BCUT2D eigenvalue weighted by atomic mass is 9.89. The Morgan fingerprint density at radius 2 is 2.00 bits per heavy atom. The van der Waals surface area contributed by atoms with Crippen LogP contribution in [0.2, 0.25) is 5.02 Å². The molecular formula is C20H21Cl2N7O. The fourth-order valence-corrected chi connectivity index (χ4v) is 3.93. The Morgan fingerprint density at radius 1 is 1.20 bits per heavy atom. The number of piperidine rings is 1. The van der Waals surface area contributed by atoms with Crippen molar-refractivity contribution in [2.24, 2.45) is 0 Å². The molecule has 0 atom stereocenters. The third-order valence-corrected chi connectivity index (χ3v) is 5.39. The van der Waals surface area contributed by atoms with Crippen molar-refractivity contribution in [3.8, 4) is 23.1 Å². The minimum absolute atomic E-state index is 0. The van der Waals surface area contributed by atoms with Crippen LogP contribution in [0.5, 0.6) is 5.75 Å². The molecule has 156 valence electrons. The minimum Gasteiger partial charge on any atom is -0.494 e. The zero-order valence-electron chi connectivity index (χ0n) is 16.3. The molecule has 0 bridgehead atoms. The van der Waals surface area contributed by atoms with E-state index in [9.17, 15) is 0 Å². The first-order chi connectivity index (χ1) is 14.2. The van der Waals surface area contributed by atoms with Crippen molar-refractivity contribution >= 4 is 35.6 Å². The first kappa shape index (κ1) is 21.8. The summed E-state index contributed by atoms with van der Waals surface area (Å²) >= 11 is 6.72. The van der Waals surface area contributed by atoms with Gasteiger partial charge in [0.2, 0.25) is 0 Å². The van der Waals surface area contributed by atoms with Gasteiger partial charge in [0.25, 0.3) is 0 Å². The summed E-state index contributed by atoms with van der Waals surface area (Å²) < 4.78 is 5.65. The highest BCUT2D eigenvalue weighted by atomic mass is 35.5. The molecule has 0 unspecified atom stereocenters. The molecule has 3 aromatic rings. The lowest BCUT2D eigenvalue weighted by Crippen LogP contribution is -2.26. The summed E-state index contributed by atoms with van der Waals surface area (Å²) in [5.41, 5.74) is 2.98. The molecule has 1 aliphatic rings. The number of benzene rings is 1. The molecule has 8 nitrogen and oxygen atoms in total. The predicted molar refractivity (Wildman–Crippen MR) is 118 cm³/mol. The first-order valence-electron chi connectivity index (χ1n) is 9.31. The summed E-state index contributed by atoms with van der Waals surface area (Å²) in [7, 11) is 1.62. The van der Waals surface area contributed by atoms with Gasteiger partial charge in [-0.1, -0.05) is 17.7 Å². The largest absolute Gasteiger partial charge is 0.494 e. The van der Waals surface area contributed by atoms with E-state index in [0.29, 0.717) is 28.3 Å². The molecule has 1 aromatic carbocycles. The highest BCUT2D eigenvalue weighted by Gasteiger charge is 2.22. The van der Waals surface area contributed by atoms with E-state index in [2.05, 4.69) is 36.9 Å². The van der Waals surface area contributed by atoms with E-state index in [4.69, 9.17) is 21.6 Å². The number of aromatic nitrogens is 4. The van der Waals surface area contributed by atoms with Gasteiger partial charge in [0.1, 0.15) is 17.6 Å². The van der Waals surface area contributed by atoms with Crippen LogP contribution in [0.3, 0.4) is 0 Å². The molecule has 3 heterocycles. The van der Waals surface area contributed by atoms with E-state index in [1.807, 2.05) is 18.2 Å². The number of H-pyrrole nitrogens is 1. The molecule has 1 saturated heterocycles. The summed E-state index contributed by atoms with van der Waals surface area (Å²) in [5.74, 6) is 2.13. The smallest absolute Gasteiger partial charge is 0.158 e. The van der Waals surface area contributed by atoms with Crippen molar-refractivity contribution in [2.75, 3.05) is 25.5 Å². The van der Waals surface area contributed by atoms with Crippen LogP contribution in [0.15, 0.2) is 30.6 Å². The van der Waals surface area contributed by atoms with Crippen LogP contribution in [0.25, 0.3) is 11.3 Å². The normalized spacial score (nSPS) is 13.9. The molecular weight excluding hydrogens is 425 g/mol. The third kappa shape index (κ3) is 4.49. The molecule has 1 aliphatic heterocycles. The van der Waals surface area contributed by atoms with Crippen LogP contribution < -0.4 is 15.4 Å². The SMILES string of the molecule is COc1c(-c2cc(Nc3cnc(C#N)cn3)n[nH]2)ccc(C2CCNCC2)c1Cl.Cl. The van der Waals surface area contributed by atoms with Crippen LogP contribution in [0.1, 0.15) is 30.0 Å². The van der Waals surface area contributed by atoms with Gasteiger partial charge >= 0.3 is 0 Å². The summed E-state index contributed by atoms with van der Waals surface area (Å²) in [5, 5.41) is 23.2. The Bertz CT molecular complexity index is 1040. The number of halogens is 2. The van der Waals surface area contributed by atoms with E-state index in [-0.39, 0.29) is 18.1 Å². The Balaban J connectivity index is 0.00000256. The van der Waals surface area contributed by atoms with E-state index in [1.165, 1.54) is 12.4 Å². The average Bonchev–Trinajstić information content (AvgIpc) is 3.23. The third-order valence-electron chi connectivity index (χ3n) is 5.00. The maximum absolute atomic E-state index is 8.81. The summed E-state index contributed by atoms with van der Waals surface area (Å²) in [6, 6.07) is 7.88. The minimum atomic E-state index is 0.